The van der Waals surface area contributed by atoms with Crippen LogP contribution in [0.25, 0.3) is 22.4 Å². The minimum atomic E-state index is 0.144. The number of hydrogen-bond acceptors (Lipinski definition) is 5. The lowest BCUT2D eigenvalue weighted by molar-refractivity contribution is 0.306. The number of benzene rings is 3. The number of nitrogens with zero attached hydrogens (tertiary/aromatic N) is 1. The Hall–Kier alpha value is -3.93. The van der Waals surface area contributed by atoms with E-state index in [1.54, 1.807) is 32.5 Å². The highest BCUT2D eigenvalue weighted by molar-refractivity contribution is 5.84. The van der Waals surface area contributed by atoms with Crippen molar-refractivity contribution in [3.63, 3.8) is 0 Å². The molecule has 0 saturated heterocycles. The molecular weight excluding hydrogens is 380 g/mol. The summed E-state index contributed by atoms with van der Waals surface area (Å²) in [6.07, 6.45) is 1.68. The van der Waals surface area contributed by atoms with Crippen molar-refractivity contribution in [2.24, 2.45) is 0 Å². The number of phenols is 1. The summed E-state index contributed by atoms with van der Waals surface area (Å²) >= 11 is 0. The van der Waals surface area contributed by atoms with Gasteiger partial charge in [-0.3, -0.25) is 5.10 Å². The van der Waals surface area contributed by atoms with Gasteiger partial charge in [-0.1, -0.05) is 30.3 Å². The highest BCUT2D eigenvalue weighted by atomic mass is 16.5. The first-order valence-corrected chi connectivity index (χ1v) is 9.45. The predicted octanol–water partition coefficient (Wildman–Crippen LogP) is 5.05. The Morgan fingerprint density at radius 2 is 1.67 bits per heavy atom. The number of aromatic nitrogens is 2. The first-order valence-electron chi connectivity index (χ1n) is 9.45. The zero-order valence-electron chi connectivity index (χ0n) is 16.8. The molecule has 6 heteroatoms. The lowest BCUT2D eigenvalue weighted by Gasteiger charge is -2.12. The van der Waals surface area contributed by atoms with Crippen molar-refractivity contribution in [2.75, 3.05) is 14.2 Å². The van der Waals surface area contributed by atoms with Gasteiger partial charge in [0.05, 0.1) is 26.1 Å². The van der Waals surface area contributed by atoms with E-state index in [4.69, 9.17) is 14.2 Å². The molecule has 0 amide bonds. The van der Waals surface area contributed by atoms with E-state index < -0.39 is 0 Å². The molecule has 1 heterocycles. The van der Waals surface area contributed by atoms with Gasteiger partial charge in [-0.05, 0) is 42.0 Å². The maximum absolute atomic E-state index is 10.5. The van der Waals surface area contributed by atoms with Crippen LogP contribution >= 0.6 is 0 Å². The van der Waals surface area contributed by atoms with Gasteiger partial charge in [0.2, 0.25) is 0 Å². The standard InChI is InChI=1S/C24H22N2O4/c1-28-22-11-8-17(12-23(22)29-2)24-20(14-25-26-24)19-13-18(9-10-21(19)27)30-15-16-6-4-3-5-7-16/h3-14,27H,15H2,1-2H3,(H,25,26). The van der Waals surface area contributed by atoms with E-state index in [-0.39, 0.29) is 5.75 Å². The number of rotatable bonds is 7. The minimum absolute atomic E-state index is 0.144. The second kappa shape index (κ2) is 8.61. The number of aromatic hydroxyl groups is 1. The molecule has 0 saturated carbocycles. The Morgan fingerprint density at radius 3 is 2.43 bits per heavy atom. The quantitative estimate of drug-likeness (QED) is 0.453. The molecular formula is C24H22N2O4. The first kappa shape index (κ1) is 19.4. The monoisotopic (exact) mass is 402 g/mol. The topological polar surface area (TPSA) is 76.6 Å². The molecule has 0 aliphatic heterocycles. The van der Waals surface area contributed by atoms with E-state index in [2.05, 4.69) is 10.2 Å². The number of hydrogen-bond donors (Lipinski definition) is 2. The average molecular weight is 402 g/mol. The van der Waals surface area contributed by atoms with Gasteiger partial charge in [0.1, 0.15) is 18.1 Å². The molecule has 0 spiro atoms. The summed E-state index contributed by atoms with van der Waals surface area (Å²) in [6, 6.07) is 20.7. The Labute approximate surface area is 174 Å². The van der Waals surface area contributed by atoms with Gasteiger partial charge in [0, 0.05) is 16.7 Å². The second-order valence-corrected chi connectivity index (χ2v) is 6.68. The molecule has 30 heavy (non-hydrogen) atoms. The molecule has 0 fully saturated rings. The lowest BCUT2D eigenvalue weighted by atomic mass is 10.0. The summed E-state index contributed by atoms with van der Waals surface area (Å²) in [7, 11) is 3.19. The number of methoxy groups -OCH3 is 2. The molecule has 0 radical (unpaired) electrons. The van der Waals surface area contributed by atoms with Gasteiger partial charge in [-0.2, -0.15) is 5.10 Å². The summed E-state index contributed by atoms with van der Waals surface area (Å²) in [6.45, 7) is 0.443. The van der Waals surface area contributed by atoms with E-state index in [0.29, 0.717) is 29.4 Å². The van der Waals surface area contributed by atoms with Crippen molar-refractivity contribution in [3.05, 3.63) is 78.5 Å². The third-order valence-corrected chi connectivity index (χ3v) is 4.82. The molecule has 4 aromatic rings. The SMILES string of the molecule is COc1ccc(-c2[nH]ncc2-c2cc(OCc3ccccc3)ccc2O)cc1OC. The average Bonchev–Trinajstić information content (AvgIpc) is 3.28. The van der Waals surface area contributed by atoms with Crippen molar-refractivity contribution >= 4 is 0 Å². The Kier molecular flexibility index (Phi) is 5.57. The molecule has 0 atom stereocenters. The molecule has 0 aliphatic rings. The molecule has 2 N–H and O–H groups in total. The smallest absolute Gasteiger partial charge is 0.161 e. The molecule has 1 aromatic heterocycles. The summed E-state index contributed by atoms with van der Waals surface area (Å²) in [5.41, 5.74) is 4.06. The Balaban J connectivity index is 1.66. The van der Waals surface area contributed by atoms with E-state index in [9.17, 15) is 5.11 Å². The molecule has 0 bridgehead atoms. The van der Waals surface area contributed by atoms with Crippen LogP contribution < -0.4 is 14.2 Å². The number of ether oxygens (including phenoxy) is 3. The first-order chi connectivity index (χ1) is 14.7. The predicted molar refractivity (Wildman–Crippen MR) is 115 cm³/mol. The summed E-state index contributed by atoms with van der Waals surface area (Å²) < 4.78 is 16.6. The third kappa shape index (κ3) is 3.93. The van der Waals surface area contributed by atoms with Gasteiger partial charge in [-0.25, -0.2) is 0 Å². The van der Waals surface area contributed by atoms with Crippen LogP contribution in [0.4, 0.5) is 0 Å². The number of H-pyrrole nitrogens is 1. The van der Waals surface area contributed by atoms with Gasteiger partial charge in [-0.15, -0.1) is 0 Å². The molecule has 152 valence electrons. The largest absolute Gasteiger partial charge is 0.507 e. The normalized spacial score (nSPS) is 10.6. The van der Waals surface area contributed by atoms with Gasteiger partial charge < -0.3 is 19.3 Å². The Bertz CT molecular complexity index is 1140. The number of phenolic OH excluding ortho intramolecular Hbond substituents is 1. The van der Waals surface area contributed by atoms with Crippen LogP contribution in [-0.4, -0.2) is 29.5 Å². The molecule has 6 nitrogen and oxygen atoms in total. The van der Waals surface area contributed by atoms with Crippen LogP contribution in [0.2, 0.25) is 0 Å². The third-order valence-electron chi connectivity index (χ3n) is 4.82. The van der Waals surface area contributed by atoms with E-state index in [1.807, 2.05) is 54.6 Å². The van der Waals surface area contributed by atoms with Gasteiger partial charge >= 0.3 is 0 Å². The van der Waals surface area contributed by atoms with Gasteiger partial charge in [0.15, 0.2) is 11.5 Å². The van der Waals surface area contributed by atoms with Crippen molar-refractivity contribution in [3.8, 4) is 45.4 Å². The zero-order chi connectivity index (χ0) is 20.9. The molecule has 4 rings (SSSR count). The van der Waals surface area contributed by atoms with Crippen LogP contribution in [0.15, 0.2) is 72.9 Å². The zero-order valence-corrected chi connectivity index (χ0v) is 16.8. The summed E-state index contributed by atoms with van der Waals surface area (Å²) in [4.78, 5) is 0. The maximum Gasteiger partial charge on any atom is 0.161 e. The minimum Gasteiger partial charge on any atom is -0.507 e. The number of nitrogens with one attached hydrogen (secondary N) is 1. The fourth-order valence-corrected chi connectivity index (χ4v) is 3.26. The fourth-order valence-electron chi connectivity index (χ4n) is 3.26. The van der Waals surface area contributed by atoms with E-state index >= 15 is 0 Å². The Morgan fingerprint density at radius 1 is 0.867 bits per heavy atom. The van der Waals surface area contributed by atoms with Crippen molar-refractivity contribution in [1.29, 1.82) is 0 Å². The lowest BCUT2D eigenvalue weighted by Crippen LogP contribution is -1.95. The van der Waals surface area contributed by atoms with Crippen molar-refractivity contribution < 1.29 is 19.3 Å². The number of aromatic amines is 1. The van der Waals surface area contributed by atoms with Crippen LogP contribution in [-0.2, 0) is 6.61 Å². The molecule has 0 aliphatic carbocycles. The maximum atomic E-state index is 10.5. The molecule has 0 unspecified atom stereocenters. The van der Waals surface area contributed by atoms with Crippen LogP contribution in [0.5, 0.6) is 23.0 Å². The fraction of sp³-hybridized carbons (Fsp3) is 0.125. The highest BCUT2D eigenvalue weighted by Gasteiger charge is 2.16. The molecule has 3 aromatic carbocycles. The summed E-state index contributed by atoms with van der Waals surface area (Å²) in [5, 5.41) is 17.7. The van der Waals surface area contributed by atoms with Crippen molar-refractivity contribution in [1.82, 2.24) is 10.2 Å². The van der Waals surface area contributed by atoms with Crippen LogP contribution in [0.1, 0.15) is 5.56 Å². The summed E-state index contributed by atoms with van der Waals surface area (Å²) in [5.74, 6) is 2.05. The van der Waals surface area contributed by atoms with Crippen LogP contribution in [0.3, 0.4) is 0 Å². The van der Waals surface area contributed by atoms with E-state index in [0.717, 1.165) is 22.4 Å². The highest BCUT2D eigenvalue weighted by Crippen LogP contribution is 2.40. The van der Waals surface area contributed by atoms with Gasteiger partial charge in [0.25, 0.3) is 0 Å². The van der Waals surface area contributed by atoms with Crippen LogP contribution in [0, 0.1) is 0 Å². The van der Waals surface area contributed by atoms with E-state index in [1.165, 1.54) is 0 Å². The van der Waals surface area contributed by atoms with Crippen molar-refractivity contribution in [2.45, 2.75) is 6.61 Å². The second-order valence-electron chi connectivity index (χ2n) is 6.68.